The van der Waals surface area contributed by atoms with Gasteiger partial charge in [-0.3, -0.25) is 14.5 Å². The molecule has 4 atom stereocenters. The number of carbonyl (C=O) groups is 3. The third kappa shape index (κ3) is 1.60. The first-order chi connectivity index (χ1) is 10.1. The molecule has 1 aromatic carbocycles. The number of amides is 2. The Kier molecular flexibility index (Phi) is 2.49. The lowest BCUT2D eigenvalue weighted by molar-refractivity contribution is -0.123. The van der Waals surface area contributed by atoms with Gasteiger partial charge in [-0.2, -0.15) is 0 Å². The predicted octanol–water partition coefficient (Wildman–Crippen LogP) is 1.92. The van der Waals surface area contributed by atoms with Gasteiger partial charge >= 0.3 is 5.97 Å². The molecule has 2 aliphatic carbocycles. The fourth-order valence-corrected chi connectivity index (χ4v) is 4.42. The summed E-state index contributed by atoms with van der Waals surface area (Å²) in [6, 6.07) is 5.95. The number of hydrogen-bond donors (Lipinski definition) is 1. The van der Waals surface area contributed by atoms with E-state index in [-0.39, 0.29) is 29.2 Å². The molecule has 1 N–H and O–H groups in total. The number of carboxylic acid groups (broad SMARTS) is 1. The van der Waals surface area contributed by atoms with Crippen LogP contribution >= 0.6 is 0 Å². The smallest absolute Gasteiger partial charge is 0.335 e. The lowest BCUT2D eigenvalue weighted by Gasteiger charge is -2.19. The highest BCUT2D eigenvalue weighted by molar-refractivity contribution is 6.22. The number of rotatable bonds is 2. The summed E-state index contributed by atoms with van der Waals surface area (Å²) in [6.07, 6.45) is 3.12. The maximum Gasteiger partial charge on any atom is 0.335 e. The lowest BCUT2D eigenvalue weighted by Crippen LogP contribution is -2.32. The minimum Gasteiger partial charge on any atom is -0.478 e. The van der Waals surface area contributed by atoms with Gasteiger partial charge in [0.2, 0.25) is 11.8 Å². The summed E-state index contributed by atoms with van der Waals surface area (Å²) in [4.78, 5) is 37.3. The molecule has 2 bridgehead atoms. The van der Waals surface area contributed by atoms with Crippen LogP contribution in [0.1, 0.15) is 29.6 Å². The zero-order valence-electron chi connectivity index (χ0n) is 11.4. The summed E-state index contributed by atoms with van der Waals surface area (Å²) in [6.45, 7) is 0. The molecular weight excluding hydrogens is 270 g/mol. The van der Waals surface area contributed by atoms with Gasteiger partial charge in [-0.25, -0.2) is 4.79 Å². The Morgan fingerprint density at radius 1 is 1.00 bits per heavy atom. The summed E-state index contributed by atoms with van der Waals surface area (Å²) in [5.41, 5.74) is 0.641. The molecule has 1 aromatic rings. The monoisotopic (exact) mass is 285 g/mol. The van der Waals surface area contributed by atoms with Crippen LogP contribution in [0.15, 0.2) is 24.3 Å². The minimum absolute atomic E-state index is 0.0970. The number of nitrogens with zero attached hydrogens (tertiary/aromatic N) is 1. The van der Waals surface area contributed by atoms with Gasteiger partial charge in [-0.15, -0.1) is 0 Å². The van der Waals surface area contributed by atoms with Gasteiger partial charge in [0.15, 0.2) is 0 Å². The van der Waals surface area contributed by atoms with Crippen molar-refractivity contribution in [1.82, 2.24) is 0 Å². The molecule has 21 heavy (non-hydrogen) atoms. The van der Waals surface area contributed by atoms with Gasteiger partial charge in [0.25, 0.3) is 0 Å². The van der Waals surface area contributed by atoms with E-state index in [0.29, 0.717) is 17.5 Å². The normalized spacial score (nSPS) is 33.6. The Bertz CT molecular complexity index is 623. The lowest BCUT2D eigenvalue weighted by atomic mass is 9.81. The van der Waals surface area contributed by atoms with Gasteiger partial charge in [-0.1, -0.05) is 0 Å². The summed E-state index contributed by atoms with van der Waals surface area (Å²) in [5.74, 6) is -0.777. The molecule has 0 radical (unpaired) electrons. The number of fused-ring (bicyclic) bond motifs is 5. The second-order valence-corrected chi connectivity index (χ2v) is 6.25. The Labute approximate surface area is 121 Å². The van der Waals surface area contributed by atoms with Crippen molar-refractivity contribution in [3.8, 4) is 0 Å². The van der Waals surface area contributed by atoms with Crippen LogP contribution in [0.3, 0.4) is 0 Å². The quantitative estimate of drug-likeness (QED) is 0.842. The zero-order valence-corrected chi connectivity index (χ0v) is 11.4. The number of anilines is 1. The van der Waals surface area contributed by atoms with Crippen molar-refractivity contribution >= 4 is 23.5 Å². The Morgan fingerprint density at radius 3 is 2.00 bits per heavy atom. The van der Waals surface area contributed by atoms with E-state index >= 15 is 0 Å². The number of hydrogen-bond acceptors (Lipinski definition) is 3. The minimum atomic E-state index is -1.02. The van der Waals surface area contributed by atoms with Crippen molar-refractivity contribution < 1.29 is 19.5 Å². The SMILES string of the molecule is O=C(O)c1ccc(N2C(=O)[C@@H]3[C@H]4CC[C@@H](C4)[C@H]3C2=O)cc1. The van der Waals surface area contributed by atoms with Crippen molar-refractivity contribution in [2.45, 2.75) is 19.3 Å². The maximum atomic E-state index is 12.6. The van der Waals surface area contributed by atoms with Crippen LogP contribution in [0.5, 0.6) is 0 Å². The summed E-state index contributed by atoms with van der Waals surface area (Å²) in [7, 11) is 0. The maximum absolute atomic E-state index is 12.6. The average molecular weight is 285 g/mol. The largest absolute Gasteiger partial charge is 0.478 e. The summed E-state index contributed by atoms with van der Waals surface area (Å²) < 4.78 is 0. The number of imide groups is 1. The van der Waals surface area contributed by atoms with Crippen molar-refractivity contribution in [3.63, 3.8) is 0 Å². The first-order valence-corrected chi connectivity index (χ1v) is 7.29. The Morgan fingerprint density at radius 2 is 1.52 bits per heavy atom. The van der Waals surface area contributed by atoms with Crippen LogP contribution in [-0.4, -0.2) is 22.9 Å². The molecule has 3 aliphatic rings. The molecule has 4 rings (SSSR count). The van der Waals surface area contributed by atoms with E-state index < -0.39 is 5.97 Å². The molecule has 3 fully saturated rings. The van der Waals surface area contributed by atoms with Crippen LogP contribution in [0, 0.1) is 23.7 Å². The highest BCUT2D eigenvalue weighted by Gasteiger charge is 2.61. The molecule has 0 aromatic heterocycles. The van der Waals surface area contributed by atoms with Gasteiger partial charge in [-0.05, 0) is 55.4 Å². The van der Waals surface area contributed by atoms with E-state index in [9.17, 15) is 14.4 Å². The number of benzene rings is 1. The Hall–Kier alpha value is -2.17. The fourth-order valence-electron chi connectivity index (χ4n) is 4.42. The van der Waals surface area contributed by atoms with E-state index in [2.05, 4.69) is 0 Å². The van der Waals surface area contributed by atoms with E-state index in [0.717, 1.165) is 19.3 Å². The van der Waals surface area contributed by atoms with Crippen molar-refractivity contribution in [2.24, 2.45) is 23.7 Å². The van der Waals surface area contributed by atoms with Crippen molar-refractivity contribution in [3.05, 3.63) is 29.8 Å². The van der Waals surface area contributed by atoms with Crippen LogP contribution < -0.4 is 4.90 Å². The van der Waals surface area contributed by atoms with E-state index in [4.69, 9.17) is 5.11 Å². The fraction of sp³-hybridized carbons (Fsp3) is 0.438. The van der Waals surface area contributed by atoms with Gasteiger partial charge in [0.05, 0.1) is 23.1 Å². The van der Waals surface area contributed by atoms with E-state index in [1.165, 1.54) is 17.0 Å². The number of carboxylic acids is 1. The van der Waals surface area contributed by atoms with Crippen LogP contribution in [0.4, 0.5) is 5.69 Å². The molecule has 5 heteroatoms. The molecule has 5 nitrogen and oxygen atoms in total. The molecule has 1 aliphatic heterocycles. The van der Waals surface area contributed by atoms with Gasteiger partial charge in [0.1, 0.15) is 0 Å². The van der Waals surface area contributed by atoms with Crippen LogP contribution in [-0.2, 0) is 9.59 Å². The van der Waals surface area contributed by atoms with Crippen LogP contribution in [0.25, 0.3) is 0 Å². The zero-order chi connectivity index (χ0) is 14.7. The van der Waals surface area contributed by atoms with Crippen molar-refractivity contribution in [1.29, 1.82) is 0 Å². The predicted molar refractivity (Wildman–Crippen MR) is 73.7 cm³/mol. The molecule has 2 amide bonds. The summed E-state index contributed by atoms with van der Waals surface area (Å²) >= 11 is 0. The molecule has 2 saturated carbocycles. The summed E-state index contributed by atoms with van der Waals surface area (Å²) in [5, 5.41) is 8.91. The van der Waals surface area contributed by atoms with E-state index in [1.807, 2.05) is 0 Å². The second kappa shape index (κ2) is 4.16. The van der Waals surface area contributed by atoms with E-state index in [1.54, 1.807) is 12.1 Å². The third-order valence-electron chi connectivity index (χ3n) is 5.30. The molecule has 1 heterocycles. The molecule has 0 unspecified atom stereocenters. The number of carbonyl (C=O) groups excluding carboxylic acids is 2. The molecular formula is C16H15NO4. The highest BCUT2D eigenvalue weighted by atomic mass is 16.4. The Balaban J connectivity index is 1.68. The highest BCUT2D eigenvalue weighted by Crippen LogP contribution is 2.56. The van der Waals surface area contributed by atoms with Gasteiger partial charge in [0, 0.05) is 0 Å². The first kappa shape index (κ1) is 12.6. The van der Waals surface area contributed by atoms with Gasteiger partial charge < -0.3 is 5.11 Å². The van der Waals surface area contributed by atoms with Crippen molar-refractivity contribution in [2.75, 3.05) is 4.90 Å². The topological polar surface area (TPSA) is 74.7 Å². The molecule has 1 saturated heterocycles. The van der Waals surface area contributed by atoms with Crippen LogP contribution in [0.2, 0.25) is 0 Å². The number of aromatic carboxylic acids is 1. The molecule has 0 spiro atoms. The molecule has 108 valence electrons. The second-order valence-electron chi connectivity index (χ2n) is 6.25. The first-order valence-electron chi connectivity index (χ1n) is 7.29. The third-order valence-corrected chi connectivity index (χ3v) is 5.30. The average Bonchev–Trinajstić information content (AvgIpc) is 3.13. The standard InChI is InChI=1S/C16H15NO4/c18-14-12-9-1-2-10(7-9)13(12)15(19)17(14)11-5-3-8(4-6-11)16(20)21/h3-6,9-10,12-13H,1-2,7H2,(H,20,21)/t9-,10-,12+,13+/m0/s1.